The highest BCUT2D eigenvalue weighted by atomic mass is 19.1. The number of benzene rings is 1. The van der Waals surface area contributed by atoms with Crippen LogP contribution in [0.25, 0.3) is 11.4 Å². The molecular weight excluding hydrogens is 523 g/mol. The monoisotopic (exact) mass is 553 g/mol. The Morgan fingerprint density at radius 2 is 1.85 bits per heavy atom. The molecule has 2 aliphatic heterocycles. The molecule has 1 saturated carbocycles. The van der Waals surface area contributed by atoms with Gasteiger partial charge in [-0.15, -0.1) is 0 Å². The number of aromatic nitrogens is 3. The van der Waals surface area contributed by atoms with E-state index in [0.717, 1.165) is 35.9 Å². The smallest absolute Gasteiger partial charge is 0.341 e. The summed E-state index contributed by atoms with van der Waals surface area (Å²) in [7, 11) is 3.86. The van der Waals surface area contributed by atoms with E-state index in [9.17, 15) is 18.0 Å². The van der Waals surface area contributed by atoms with Gasteiger partial charge in [-0.2, -0.15) is 10.2 Å². The largest absolute Gasteiger partial charge is 0.483 e. The van der Waals surface area contributed by atoms with Crippen molar-refractivity contribution in [2.24, 2.45) is 18.1 Å². The zero-order valence-corrected chi connectivity index (χ0v) is 22.5. The first-order valence-corrected chi connectivity index (χ1v) is 13.3. The highest BCUT2D eigenvalue weighted by molar-refractivity contribution is 5.79. The summed E-state index contributed by atoms with van der Waals surface area (Å²) in [4.78, 5) is 21.0. The van der Waals surface area contributed by atoms with E-state index in [4.69, 9.17) is 4.74 Å². The summed E-state index contributed by atoms with van der Waals surface area (Å²) in [6.07, 6.45) is 5.08. The van der Waals surface area contributed by atoms with Gasteiger partial charge >= 0.3 is 6.03 Å². The van der Waals surface area contributed by atoms with Crippen molar-refractivity contribution in [3.05, 3.63) is 59.0 Å². The number of aryl methyl sites for hydroxylation is 1. The van der Waals surface area contributed by atoms with Crippen LogP contribution in [-0.2, 0) is 7.05 Å². The Morgan fingerprint density at radius 1 is 1.12 bits per heavy atom. The number of nitrogens with zero attached hydrogens (tertiary/aromatic N) is 7. The summed E-state index contributed by atoms with van der Waals surface area (Å²) < 4.78 is 49.9. The van der Waals surface area contributed by atoms with Gasteiger partial charge in [-0.1, -0.05) is 0 Å². The molecule has 2 fully saturated rings. The Bertz CT molecular complexity index is 1460. The van der Waals surface area contributed by atoms with Crippen molar-refractivity contribution in [1.82, 2.24) is 24.7 Å². The Labute approximate surface area is 229 Å². The lowest BCUT2D eigenvalue weighted by atomic mass is 10.0. The molecule has 6 rings (SSSR count). The third-order valence-corrected chi connectivity index (χ3v) is 7.62. The van der Waals surface area contributed by atoms with E-state index in [-0.39, 0.29) is 18.8 Å². The molecule has 1 aliphatic carbocycles. The minimum Gasteiger partial charge on any atom is -0.483 e. The van der Waals surface area contributed by atoms with Crippen LogP contribution in [0.1, 0.15) is 36.4 Å². The fourth-order valence-corrected chi connectivity index (χ4v) is 5.39. The summed E-state index contributed by atoms with van der Waals surface area (Å²) in [6.45, 7) is 3.36. The molecule has 2 amide bonds. The van der Waals surface area contributed by atoms with Crippen LogP contribution in [0.2, 0.25) is 0 Å². The van der Waals surface area contributed by atoms with Gasteiger partial charge in [0.2, 0.25) is 0 Å². The maximum atomic E-state index is 14.7. The number of carbonyl (C=O) groups excluding carboxylic acids is 1. The summed E-state index contributed by atoms with van der Waals surface area (Å²) in [6, 6.07) is 3.74. The third kappa shape index (κ3) is 4.98. The molecule has 0 N–H and O–H groups in total. The van der Waals surface area contributed by atoms with Crippen LogP contribution in [0, 0.1) is 30.3 Å². The second-order valence-electron chi connectivity index (χ2n) is 10.8. The van der Waals surface area contributed by atoms with Gasteiger partial charge in [-0.05, 0) is 43.4 Å². The SMILES string of the molecule is Cc1c(N(C)CC2CC2)nn(C)c1-c1cc(OC2CN(C(=O)N3N=CCC3c3cc(F)cc(F)c3)C2)c(F)cn1. The molecule has 1 atom stereocenters. The number of hydrogen-bond acceptors (Lipinski definition) is 6. The maximum absolute atomic E-state index is 14.7. The maximum Gasteiger partial charge on any atom is 0.341 e. The van der Waals surface area contributed by atoms with Gasteiger partial charge < -0.3 is 14.5 Å². The molecule has 0 spiro atoms. The van der Waals surface area contributed by atoms with Crippen molar-refractivity contribution >= 4 is 18.1 Å². The Morgan fingerprint density at radius 3 is 2.55 bits per heavy atom. The van der Waals surface area contributed by atoms with Crippen molar-refractivity contribution < 1.29 is 22.7 Å². The predicted octanol–water partition coefficient (Wildman–Crippen LogP) is 4.67. The number of urea groups is 1. The van der Waals surface area contributed by atoms with E-state index < -0.39 is 35.6 Å². The number of halogens is 3. The van der Waals surface area contributed by atoms with Gasteiger partial charge in [0.25, 0.3) is 0 Å². The lowest BCUT2D eigenvalue weighted by molar-refractivity contribution is 0.0256. The second-order valence-corrected chi connectivity index (χ2v) is 10.8. The predicted molar refractivity (Wildman–Crippen MR) is 143 cm³/mol. The fraction of sp³-hybridized carbons (Fsp3) is 0.429. The van der Waals surface area contributed by atoms with Crippen LogP contribution in [0.5, 0.6) is 5.75 Å². The molecule has 1 unspecified atom stereocenters. The number of rotatable bonds is 7. The van der Waals surface area contributed by atoms with Crippen LogP contribution < -0.4 is 9.64 Å². The van der Waals surface area contributed by atoms with Gasteiger partial charge in [0.15, 0.2) is 17.4 Å². The highest BCUT2D eigenvalue weighted by Crippen LogP contribution is 2.36. The second kappa shape index (κ2) is 10.1. The zero-order chi connectivity index (χ0) is 28.1. The Balaban J connectivity index is 1.12. The summed E-state index contributed by atoms with van der Waals surface area (Å²) >= 11 is 0. The number of ether oxygens (including phenoxy) is 1. The fourth-order valence-electron chi connectivity index (χ4n) is 5.39. The normalized spacial score (nSPS) is 18.8. The lowest BCUT2D eigenvalue weighted by Gasteiger charge is -2.41. The number of anilines is 1. The average Bonchev–Trinajstić information content (AvgIpc) is 3.45. The molecule has 3 aromatic rings. The minimum absolute atomic E-state index is 0.0443. The summed E-state index contributed by atoms with van der Waals surface area (Å²) in [5, 5.41) is 10.0. The first kappa shape index (κ1) is 26.1. The average molecular weight is 554 g/mol. The van der Waals surface area contributed by atoms with Gasteiger partial charge in [0.05, 0.1) is 36.7 Å². The molecule has 1 saturated heterocycles. The topological polar surface area (TPSA) is 79.1 Å². The van der Waals surface area contributed by atoms with E-state index in [1.54, 1.807) is 17.0 Å². The molecule has 12 heteroatoms. The van der Waals surface area contributed by atoms with Crippen LogP contribution >= 0.6 is 0 Å². The molecule has 9 nitrogen and oxygen atoms in total. The van der Waals surface area contributed by atoms with Gasteiger partial charge in [0.1, 0.15) is 17.7 Å². The summed E-state index contributed by atoms with van der Waals surface area (Å²) in [5.74, 6) is -0.406. The van der Waals surface area contributed by atoms with Gasteiger partial charge in [-0.3, -0.25) is 9.67 Å². The van der Waals surface area contributed by atoms with Crippen molar-refractivity contribution in [2.75, 3.05) is 31.6 Å². The lowest BCUT2D eigenvalue weighted by Crippen LogP contribution is -2.58. The van der Waals surface area contributed by atoms with Crippen molar-refractivity contribution in [3.8, 4) is 17.1 Å². The van der Waals surface area contributed by atoms with Crippen LogP contribution in [0.3, 0.4) is 0 Å². The number of amides is 2. The number of hydrazone groups is 1. The quantitative estimate of drug-likeness (QED) is 0.425. The third-order valence-electron chi connectivity index (χ3n) is 7.62. The van der Waals surface area contributed by atoms with Crippen LogP contribution in [-0.4, -0.2) is 69.7 Å². The van der Waals surface area contributed by atoms with Crippen molar-refractivity contribution in [1.29, 1.82) is 0 Å². The number of hydrogen-bond donors (Lipinski definition) is 0. The standard InChI is InChI=1S/C28H30F3N7O2/c1-16-26(36(3)34-27(16)35(2)13-17-4-5-17)23-11-25(22(31)12-32-23)40-21-14-37(15-21)28(39)38-24(6-7-33-38)18-8-19(29)10-20(30)9-18/h7-12,17,21,24H,4-6,13-15H2,1-3H3. The van der Waals surface area contributed by atoms with E-state index in [1.165, 1.54) is 34.9 Å². The first-order valence-electron chi connectivity index (χ1n) is 13.3. The Kier molecular flexibility index (Phi) is 6.63. The molecular formula is C28H30F3N7O2. The van der Waals surface area contributed by atoms with E-state index in [0.29, 0.717) is 23.6 Å². The molecule has 1 aromatic carbocycles. The highest BCUT2D eigenvalue weighted by Gasteiger charge is 2.39. The van der Waals surface area contributed by atoms with Gasteiger partial charge in [-0.25, -0.2) is 23.0 Å². The van der Waals surface area contributed by atoms with Gasteiger partial charge in [0, 0.05) is 51.0 Å². The van der Waals surface area contributed by atoms with Crippen molar-refractivity contribution in [2.45, 2.75) is 38.3 Å². The molecule has 0 radical (unpaired) electrons. The number of pyridine rings is 1. The number of carbonyl (C=O) groups is 1. The molecule has 0 bridgehead atoms. The first-order chi connectivity index (χ1) is 19.2. The molecule has 40 heavy (non-hydrogen) atoms. The van der Waals surface area contributed by atoms with Crippen LogP contribution in [0.4, 0.5) is 23.8 Å². The van der Waals surface area contributed by atoms with Crippen molar-refractivity contribution in [3.63, 3.8) is 0 Å². The molecule has 4 heterocycles. The number of likely N-dealkylation sites (tertiary alicyclic amines) is 1. The zero-order valence-electron chi connectivity index (χ0n) is 22.5. The molecule has 210 valence electrons. The van der Waals surface area contributed by atoms with Crippen LogP contribution in [0.15, 0.2) is 35.6 Å². The summed E-state index contributed by atoms with van der Waals surface area (Å²) in [5.41, 5.74) is 2.60. The minimum atomic E-state index is -0.715. The Hall–Kier alpha value is -4.09. The van der Waals surface area contributed by atoms with E-state index >= 15 is 0 Å². The molecule has 2 aromatic heterocycles. The van der Waals surface area contributed by atoms with E-state index in [2.05, 4.69) is 20.1 Å². The molecule has 3 aliphatic rings. The van der Waals surface area contributed by atoms with E-state index in [1.807, 2.05) is 21.0 Å².